The molecule has 0 bridgehead atoms. The van der Waals surface area contributed by atoms with Crippen LogP contribution in [0.25, 0.3) is 0 Å². The average Bonchev–Trinajstić information content (AvgIpc) is 2.61. The monoisotopic (exact) mass is 430 g/mol. The second-order valence-electron chi connectivity index (χ2n) is 9.70. The van der Waals surface area contributed by atoms with Gasteiger partial charge in [-0.25, -0.2) is 0 Å². The van der Waals surface area contributed by atoms with E-state index in [1.807, 2.05) is 21.1 Å². The number of hydrogen-bond acceptors (Lipinski definition) is 4. The number of esters is 1. The van der Waals surface area contributed by atoms with E-state index >= 15 is 0 Å². The molecule has 178 valence electrons. The summed E-state index contributed by atoms with van der Waals surface area (Å²) in [5.74, 6) is -1.23. The van der Waals surface area contributed by atoms with Gasteiger partial charge < -0.3 is 19.4 Å². The predicted molar refractivity (Wildman–Crippen MR) is 121 cm³/mol. The van der Waals surface area contributed by atoms with Gasteiger partial charge in [-0.3, -0.25) is 9.59 Å². The van der Waals surface area contributed by atoms with E-state index in [2.05, 4.69) is 6.92 Å². The first-order valence-electron chi connectivity index (χ1n) is 12.0. The zero-order chi connectivity index (χ0) is 22.8. The van der Waals surface area contributed by atoms with E-state index in [9.17, 15) is 14.7 Å². The van der Waals surface area contributed by atoms with E-state index < -0.39 is 12.1 Å². The molecule has 2 N–H and O–H groups in total. The van der Waals surface area contributed by atoms with Crippen molar-refractivity contribution in [2.75, 3.05) is 27.7 Å². The molecule has 0 aromatic carbocycles. The van der Waals surface area contributed by atoms with Gasteiger partial charge in [-0.1, -0.05) is 71.1 Å². The Bertz CT molecular complexity index is 447. The van der Waals surface area contributed by atoms with Crippen molar-refractivity contribution < 1.29 is 29.0 Å². The van der Waals surface area contributed by atoms with E-state index in [1.54, 1.807) is 0 Å². The number of carboxylic acid groups (broad SMARTS) is 1. The maximum Gasteiger partial charge on any atom is 0.307 e. The number of quaternary nitrogens is 1. The summed E-state index contributed by atoms with van der Waals surface area (Å²) in [6.07, 6.45) is 13.7. The van der Waals surface area contributed by atoms with Crippen molar-refractivity contribution in [3.8, 4) is 0 Å². The maximum absolute atomic E-state index is 12.0. The van der Waals surface area contributed by atoms with Crippen molar-refractivity contribution in [3.05, 3.63) is 0 Å². The molecule has 6 nitrogen and oxygen atoms in total. The molecule has 6 heteroatoms. The summed E-state index contributed by atoms with van der Waals surface area (Å²) in [6, 6.07) is 0. The number of hydrogen-bond donors (Lipinski definition) is 2. The lowest BCUT2D eigenvalue weighted by molar-refractivity contribution is -0.873. The van der Waals surface area contributed by atoms with Gasteiger partial charge in [0.05, 0.1) is 33.7 Å². The molecule has 0 heterocycles. The van der Waals surface area contributed by atoms with Crippen LogP contribution in [0.3, 0.4) is 0 Å². The van der Waals surface area contributed by atoms with E-state index in [0.29, 0.717) is 17.4 Å². The summed E-state index contributed by atoms with van der Waals surface area (Å²) in [7, 11) is 5.87. The van der Waals surface area contributed by atoms with Crippen LogP contribution in [0.15, 0.2) is 0 Å². The minimum atomic E-state index is -0.940. The molecule has 0 amide bonds. The first-order valence-corrected chi connectivity index (χ1v) is 12.0. The Morgan fingerprint density at radius 1 is 0.833 bits per heavy atom. The Kier molecular flexibility index (Phi) is 16.9. The van der Waals surface area contributed by atoms with Gasteiger partial charge >= 0.3 is 11.9 Å². The fraction of sp³-hybridized carbons (Fsp3) is 0.917. The maximum atomic E-state index is 12.0. The van der Waals surface area contributed by atoms with Crippen LogP contribution in [-0.4, -0.2) is 66.5 Å². The van der Waals surface area contributed by atoms with Crippen molar-refractivity contribution in [3.63, 3.8) is 0 Å². The molecule has 0 saturated carbocycles. The third kappa shape index (κ3) is 20.1. The molecule has 2 atom stereocenters. The summed E-state index contributed by atoms with van der Waals surface area (Å²) in [5.41, 5.74) is 0. The summed E-state index contributed by atoms with van der Waals surface area (Å²) >= 11 is 0. The van der Waals surface area contributed by atoms with Crippen LogP contribution in [0.2, 0.25) is 0 Å². The summed E-state index contributed by atoms with van der Waals surface area (Å²) in [4.78, 5) is 23.0. The van der Waals surface area contributed by atoms with Gasteiger partial charge in [0.25, 0.3) is 0 Å². The normalized spacial score (nSPS) is 13.8. The zero-order valence-electron chi connectivity index (χ0n) is 20.0. The Balaban J connectivity index is 3.68. The fourth-order valence-corrected chi connectivity index (χ4v) is 3.68. The molecule has 2 unspecified atom stereocenters. The first kappa shape index (κ1) is 28.9. The molecule has 0 aliphatic heterocycles. The van der Waals surface area contributed by atoms with Crippen molar-refractivity contribution in [2.24, 2.45) is 0 Å². The van der Waals surface area contributed by atoms with Crippen molar-refractivity contribution in [2.45, 2.75) is 115 Å². The summed E-state index contributed by atoms with van der Waals surface area (Å²) < 4.78 is 5.96. The number of ether oxygens (including phenoxy) is 1. The number of aliphatic hydroxyl groups excluding tert-OH is 1. The van der Waals surface area contributed by atoms with E-state index in [1.165, 1.54) is 25.7 Å². The van der Waals surface area contributed by atoms with Crippen LogP contribution < -0.4 is 0 Å². The molecule has 0 rings (SSSR count). The van der Waals surface area contributed by atoms with Gasteiger partial charge in [-0.15, -0.1) is 0 Å². The standard InChI is InChI=1S/C24H47NO5/c1-5-6-7-13-16-21(26)17-14-11-9-8-10-12-15-18-24(29)30-22(19-23(27)28)20-25(2,3)4/h21-22,26H,5-20H2,1-4H3/p+1. The van der Waals surface area contributed by atoms with Gasteiger partial charge in [0.2, 0.25) is 0 Å². The van der Waals surface area contributed by atoms with Crippen LogP contribution in [-0.2, 0) is 14.3 Å². The van der Waals surface area contributed by atoms with Crippen LogP contribution >= 0.6 is 0 Å². The smallest absolute Gasteiger partial charge is 0.307 e. The van der Waals surface area contributed by atoms with Gasteiger partial charge in [-0.05, 0) is 19.3 Å². The summed E-state index contributed by atoms with van der Waals surface area (Å²) in [5, 5.41) is 19.0. The number of aliphatic carboxylic acids is 1. The van der Waals surface area contributed by atoms with Crippen LogP contribution in [0.5, 0.6) is 0 Å². The number of rotatable bonds is 20. The molecule has 0 aromatic heterocycles. The molecule has 0 spiro atoms. The van der Waals surface area contributed by atoms with Gasteiger partial charge in [-0.2, -0.15) is 0 Å². The molecule has 30 heavy (non-hydrogen) atoms. The van der Waals surface area contributed by atoms with Gasteiger partial charge in [0.15, 0.2) is 6.10 Å². The van der Waals surface area contributed by atoms with Crippen LogP contribution in [0.4, 0.5) is 0 Å². The number of carbonyl (C=O) groups excluding carboxylic acids is 1. The first-order chi connectivity index (χ1) is 14.1. The Hall–Kier alpha value is -1.14. The van der Waals surface area contributed by atoms with Gasteiger partial charge in [0, 0.05) is 6.42 Å². The van der Waals surface area contributed by atoms with Crippen molar-refractivity contribution in [1.82, 2.24) is 0 Å². The lowest BCUT2D eigenvalue weighted by Crippen LogP contribution is -2.43. The number of unbranched alkanes of at least 4 members (excludes halogenated alkanes) is 9. The Morgan fingerprint density at radius 2 is 1.33 bits per heavy atom. The predicted octanol–water partition coefficient (Wildman–Crippen LogP) is 4.92. The van der Waals surface area contributed by atoms with E-state index in [0.717, 1.165) is 57.8 Å². The highest BCUT2D eigenvalue weighted by Gasteiger charge is 2.24. The molecule has 0 fully saturated rings. The molecule has 0 aromatic rings. The van der Waals surface area contributed by atoms with E-state index in [-0.39, 0.29) is 18.5 Å². The number of carboxylic acids is 1. The molecule has 0 aliphatic rings. The minimum absolute atomic E-state index is 0.130. The van der Waals surface area contributed by atoms with Crippen LogP contribution in [0.1, 0.15) is 103 Å². The summed E-state index contributed by atoms with van der Waals surface area (Å²) in [6.45, 7) is 2.69. The SMILES string of the molecule is CCCCCCC(O)CCCCCCCCCC(=O)OC(CC(=O)O)C[N+](C)(C)C. The third-order valence-corrected chi connectivity index (χ3v) is 5.26. The average molecular weight is 431 g/mol. The molecule has 0 saturated heterocycles. The second kappa shape index (κ2) is 17.5. The number of aliphatic hydroxyl groups is 1. The third-order valence-electron chi connectivity index (χ3n) is 5.26. The molecular weight excluding hydrogens is 382 g/mol. The van der Waals surface area contributed by atoms with Gasteiger partial charge in [0.1, 0.15) is 6.54 Å². The van der Waals surface area contributed by atoms with Crippen LogP contribution in [0, 0.1) is 0 Å². The zero-order valence-corrected chi connectivity index (χ0v) is 20.0. The number of likely N-dealkylation sites (N-methyl/N-ethyl adjacent to an activating group) is 1. The van der Waals surface area contributed by atoms with Crippen molar-refractivity contribution in [1.29, 1.82) is 0 Å². The number of nitrogens with zero attached hydrogens (tertiary/aromatic N) is 1. The highest BCUT2D eigenvalue weighted by atomic mass is 16.5. The fourth-order valence-electron chi connectivity index (χ4n) is 3.68. The molecular formula is C24H48NO5+. The quantitative estimate of drug-likeness (QED) is 0.163. The Morgan fingerprint density at radius 3 is 1.83 bits per heavy atom. The number of carbonyl (C=O) groups is 2. The highest BCUT2D eigenvalue weighted by molar-refractivity contribution is 5.71. The molecule has 0 radical (unpaired) electrons. The molecule has 0 aliphatic carbocycles. The lowest BCUT2D eigenvalue weighted by atomic mass is 10.0. The lowest BCUT2D eigenvalue weighted by Gasteiger charge is -2.28. The minimum Gasteiger partial charge on any atom is -0.481 e. The highest BCUT2D eigenvalue weighted by Crippen LogP contribution is 2.14. The largest absolute Gasteiger partial charge is 0.481 e. The van der Waals surface area contributed by atoms with E-state index in [4.69, 9.17) is 9.84 Å². The van der Waals surface area contributed by atoms with Crippen molar-refractivity contribution >= 4 is 11.9 Å². The Labute approximate surface area is 184 Å². The topological polar surface area (TPSA) is 83.8 Å². The second-order valence-corrected chi connectivity index (χ2v) is 9.70.